The molecule has 2 rings (SSSR count). The van der Waals surface area contributed by atoms with Crippen molar-refractivity contribution in [3.63, 3.8) is 0 Å². The SMILES string of the molecule is CC[C@H](C)N(Cc1ccccc1OS(=O)(=O)c1ccc(OC)cc1)C(=O)COC. The van der Waals surface area contributed by atoms with Crippen molar-refractivity contribution < 1.29 is 26.9 Å². The van der Waals surface area contributed by atoms with Crippen molar-refractivity contribution in [2.75, 3.05) is 20.8 Å². The zero-order valence-corrected chi connectivity index (χ0v) is 17.9. The molecule has 1 amide bonds. The van der Waals surface area contributed by atoms with E-state index in [1.807, 2.05) is 13.8 Å². The third-order valence-electron chi connectivity index (χ3n) is 4.57. The molecular weight excluding hydrogens is 394 g/mol. The Morgan fingerprint density at radius 2 is 1.72 bits per heavy atom. The van der Waals surface area contributed by atoms with Gasteiger partial charge in [0.05, 0.1) is 7.11 Å². The molecular formula is C21H27NO6S. The first-order valence-corrected chi connectivity index (χ1v) is 10.7. The number of amides is 1. The minimum absolute atomic E-state index is 0.0161. The zero-order chi connectivity index (χ0) is 21.4. The molecule has 0 aromatic heterocycles. The van der Waals surface area contributed by atoms with E-state index >= 15 is 0 Å². The second kappa shape index (κ2) is 10.3. The number of para-hydroxylation sites is 1. The molecule has 29 heavy (non-hydrogen) atoms. The maximum Gasteiger partial charge on any atom is 0.339 e. The second-order valence-electron chi connectivity index (χ2n) is 6.53. The van der Waals surface area contributed by atoms with Gasteiger partial charge in [-0.15, -0.1) is 0 Å². The summed E-state index contributed by atoms with van der Waals surface area (Å²) in [5.74, 6) is 0.557. The Labute approximate surface area is 172 Å². The van der Waals surface area contributed by atoms with E-state index in [0.717, 1.165) is 6.42 Å². The van der Waals surface area contributed by atoms with Crippen LogP contribution >= 0.6 is 0 Å². The van der Waals surface area contributed by atoms with E-state index in [0.29, 0.717) is 11.3 Å². The lowest BCUT2D eigenvalue weighted by Gasteiger charge is -2.29. The predicted molar refractivity (Wildman–Crippen MR) is 109 cm³/mol. The van der Waals surface area contributed by atoms with E-state index in [9.17, 15) is 13.2 Å². The minimum atomic E-state index is -4.04. The number of ether oxygens (including phenoxy) is 2. The van der Waals surface area contributed by atoms with Crippen LogP contribution in [0.2, 0.25) is 0 Å². The minimum Gasteiger partial charge on any atom is -0.497 e. The van der Waals surface area contributed by atoms with Gasteiger partial charge in [0.1, 0.15) is 23.0 Å². The molecule has 7 nitrogen and oxygen atoms in total. The number of methoxy groups -OCH3 is 2. The fourth-order valence-electron chi connectivity index (χ4n) is 2.72. The summed E-state index contributed by atoms with van der Waals surface area (Å²) in [7, 11) is -1.07. The molecule has 0 bridgehead atoms. The predicted octanol–water partition coefficient (Wildman–Crippen LogP) is 3.24. The second-order valence-corrected chi connectivity index (χ2v) is 8.08. The van der Waals surface area contributed by atoms with Crippen LogP contribution in [0.5, 0.6) is 11.5 Å². The summed E-state index contributed by atoms with van der Waals surface area (Å²) in [5.41, 5.74) is 0.592. The van der Waals surface area contributed by atoms with Gasteiger partial charge >= 0.3 is 10.1 Å². The largest absolute Gasteiger partial charge is 0.497 e. The molecule has 0 aliphatic heterocycles. The van der Waals surface area contributed by atoms with E-state index in [-0.39, 0.29) is 35.7 Å². The Morgan fingerprint density at radius 1 is 1.07 bits per heavy atom. The standard InChI is InChI=1S/C21H27NO6S/c1-5-16(2)22(21(23)15-26-3)14-17-8-6-7-9-20(17)28-29(24,25)19-12-10-18(27-4)11-13-19/h6-13,16H,5,14-15H2,1-4H3/t16-/m0/s1. The summed E-state index contributed by atoms with van der Waals surface area (Å²) in [6, 6.07) is 12.7. The molecule has 2 aromatic carbocycles. The Balaban J connectivity index is 2.30. The van der Waals surface area contributed by atoms with E-state index < -0.39 is 10.1 Å². The van der Waals surface area contributed by atoms with Gasteiger partial charge in [0, 0.05) is 25.3 Å². The fraction of sp³-hybridized carbons (Fsp3) is 0.381. The van der Waals surface area contributed by atoms with Crippen molar-refractivity contribution in [3.05, 3.63) is 54.1 Å². The number of rotatable bonds is 10. The van der Waals surface area contributed by atoms with Crippen LogP contribution in [0.3, 0.4) is 0 Å². The van der Waals surface area contributed by atoms with Gasteiger partial charge in [0.2, 0.25) is 5.91 Å². The third kappa shape index (κ3) is 5.95. The highest BCUT2D eigenvalue weighted by Crippen LogP contribution is 2.26. The van der Waals surface area contributed by atoms with Crippen LogP contribution in [-0.2, 0) is 26.2 Å². The molecule has 0 heterocycles. The van der Waals surface area contributed by atoms with Crippen LogP contribution in [0.15, 0.2) is 53.4 Å². The van der Waals surface area contributed by atoms with Gasteiger partial charge in [-0.05, 0) is 43.7 Å². The Bertz CT molecular complexity index is 911. The van der Waals surface area contributed by atoms with E-state index in [4.69, 9.17) is 13.7 Å². The van der Waals surface area contributed by atoms with Crippen molar-refractivity contribution in [1.29, 1.82) is 0 Å². The van der Waals surface area contributed by atoms with Crippen molar-refractivity contribution in [1.82, 2.24) is 4.90 Å². The molecule has 0 radical (unpaired) electrons. The topological polar surface area (TPSA) is 82.1 Å². The first-order chi connectivity index (χ1) is 13.8. The van der Waals surface area contributed by atoms with Crippen LogP contribution in [-0.4, -0.2) is 46.1 Å². The first-order valence-electron chi connectivity index (χ1n) is 9.27. The van der Waals surface area contributed by atoms with Crippen LogP contribution in [0.4, 0.5) is 0 Å². The normalized spacial score (nSPS) is 12.3. The number of nitrogens with zero attached hydrogens (tertiary/aromatic N) is 1. The number of benzene rings is 2. The summed E-state index contributed by atoms with van der Waals surface area (Å²) >= 11 is 0. The van der Waals surface area contributed by atoms with Gasteiger partial charge in [0.15, 0.2) is 0 Å². The van der Waals surface area contributed by atoms with E-state index in [2.05, 4.69) is 0 Å². The lowest BCUT2D eigenvalue weighted by atomic mass is 10.1. The molecule has 8 heteroatoms. The van der Waals surface area contributed by atoms with Gasteiger partial charge in [-0.25, -0.2) is 0 Å². The van der Waals surface area contributed by atoms with Crippen LogP contribution < -0.4 is 8.92 Å². The van der Waals surface area contributed by atoms with Gasteiger partial charge < -0.3 is 18.6 Å². The highest BCUT2D eigenvalue weighted by atomic mass is 32.2. The van der Waals surface area contributed by atoms with E-state index in [1.165, 1.54) is 26.4 Å². The summed E-state index contributed by atoms with van der Waals surface area (Å²) in [6.07, 6.45) is 0.753. The Hall–Kier alpha value is -2.58. The third-order valence-corrected chi connectivity index (χ3v) is 5.82. The van der Waals surface area contributed by atoms with Crippen LogP contribution in [0.1, 0.15) is 25.8 Å². The lowest BCUT2D eigenvalue weighted by molar-refractivity contribution is -0.138. The van der Waals surface area contributed by atoms with Crippen molar-refractivity contribution in [3.8, 4) is 11.5 Å². The van der Waals surface area contributed by atoms with Crippen molar-refractivity contribution in [2.24, 2.45) is 0 Å². The van der Waals surface area contributed by atoms with Crippen molar-refractivity contribution in [2.45, 2.75) is 37.8 Å². The number of hydrogen-bond donors (Lipinski definition) is 0. The summed E-state index contributed by atoms with van der Waals surface area (Å²) in [5, 5.41) is 0. The van der Waals surface area contributed by atoms with Crippen LogP contribution in [0.25, 0.3) is 0 Å². The average molecular weight is 422 g/mol. The molecule has 0 saturated heterocycles. The smallest absolute Gasteiger partial charge is 0.339 e. The van der Waals surface area contributed by atoms with Crippen molar-refractivity contribution >= 4 is 16.0 Å². The zero-order valence-electron chi connectivity index (χ0n) is 17.1. The fourth-order valence-corrected chi connectivity index (χ4v) is 3.69. The lowest BCUT2D eigenvalue weighted by Crippen LogP contribution is -2.40. The molecule has 0 unspecified atom stereocenters. The van der Waals surface area contributed by atoms with Gasteiger partial charge in [0.25, 0.3) is 0 Å². The maximum atomic E-state index is 12.7. The monoisotopic (exact) mass is 421 g/mol. The molecule has 1 atom stereocenters. The molecule has 0 N–H and O–H groups in total. The summed E-state index contributed by atoms with van der Waals surface area (Å²) < 4.78 is 40.8. The molecule has 2 aromatic rings. The molecule has 0 fully saturated rings. The molecule has 0 aliphatic carbocycles. The Kier molecular flexibility index (Phi) is 8.04. The highest BCUT2D eigenvalue weighted by molar-refractivity contribution is 7.87. The average Bonchev–Trinajstić information content (AvgIpc) is 2.72. The molecule has 0 aliphatic rings. The Morgan fingerprint density at radius 3 is 2.31 bits per heavy atom. The molecule has 158 valence electrons. The van der Waals surface area contributed by atoms with Gasteiger partial charge in [-0.3, -0.25) is 4.79 Å². The highest BCUT2D eigenvalue weighted by Gasteiger charge is 2.23. The molecule has 0 spiro atoms. The van der Waals surface area contributed by atoms with Gasteiger partial charge in [-0.1, -0.05) is 25.1 Å². The van der Waals surface area contributed by atoms with Gasteiger partial charge in [-0.2, -0.15) is 8.42 Å². The van der Waals surface area contributed by atoms with E-state index in [1.54, 1.807) is 41.3 Å². The van der Waals surface area contributed by atoms with Crippen LogP contribution in [0, 0.1) is 0 Å². The number of carbonyl (C=O) groups excluding carboxylic acids is 1. The first kappa shape index (κ1) is 22.7. The summed E-state index contributed by atoms with van der Waals surface area (Å²) in [4.78, 5) is 14.1. The maximum absolute atomic E-state index is 12.7. The summed E-state index contributed by atoms with van der Waals surface area (Å²) in [6.45, 7) is 4.09. The number of hydrogen-bond acceptors (Lipinski definition) is 6. The quantitative estimate of drug-likeness (QED) is 0.548. The number of carbonyl (C=O) groups is 1. The molecule has 0 saturated carbocycles.